The highest BCUT2D eigenvalue weighted by Gasteiger charge is 2.24. The quantitative estimate of drug-likeness (QED) is 0.807. The molecule has 1 aromatic heterocycles. The molecule has 0 aliphatic heterocycles. The minimum atomic E-state index is 0.355. The summed E-state index contributed by atoms with van der Waals surface area (Å²) in [5, 5.41) is 9.01. The van der Waals surface area contributed by atoms with E-state index in [1.54, 1.807) is 0 Å². The second-order valence-corrected chi connectivity index (χ2v) is 5.42. The van der Waals surface area contributed by atoms with Gasteiger partial charge in [-0.3, -0.25) is 4.79 Å². The van der Waals surface area contributed by atoms with Crippen molar-refractivity contribution in [3.63, 3.8) is 0 Å². The Balaban J connectivity index is 1.88. The van der Waals surface area contributed by atoms with E-state index in [4.69, 9.17) is 5.26 Å². The average molecular weight is 279 g/mol. The molecule has 3 rings (SSSR count). The lowest BCUT2D eigenvalue weighted by Gasteiger charge is -2.34. The van der Waals surface area contributed by atoms with Gasteiger partial charge >= 0.3 is 0 Å². The Morgan fingerprint density at radius 1 is 1.24 bits per heavy atom. The monoisotopic (exact) mass is 279 g/mol. The number of nitrogens with zero attached hydrogens (tertiary/aromatic N) is 3. The van der Waals surface area contributed by atoms with Crippen LogP contribution in [0.4, 0.5) is 5.69 Å². The summed E-state index contributed by atoms with van der Waals surface area (Å²) in [5.74, 6) is 0. The van der Waals surface area contributed by atoms with Crippen LogP contribution in [0.2, 0.25) is 0 Å². The molecule has 1 aliphatic carbocycles. The molecule has 21 heavy (non-hydrogen) atoms. The molecule has 1 heterocycles. The minimum Gasteiger partial charge on any atom is -0.335 e. The Labute approximate surface area is 124 Å². The summed E-state index contributed by atoms with van der Waals surface area (Å²) in [6.07, 6.45) is 4.30. The van der Waals surface area contributed by atoms with Gasteiger partial charge in [0, 0.05) is 24.5 Å². The highest BCUT2D eigenvalue weighted by molar-refractivity contribution is 5.77. The second-order valence-electron chi connectivity index (χ2n) is 5.42. The maximum atomic E-state index is 11.3. The zero-order chi connectivity index (χ0) is 14.8. The first-order valence-corrected chi connectivity index (χ1v) is 7.14. The van der Waals surface area contributed by atoms with Gasteiger partial charge < -0.3 is 9.47 Å². The fourth-order valence-electron chi connectivity index (χ4n) is 2.74. The van der Waals surface area contributed by atoms with Crippen LogP contribution in [0.5, 0.6) is 0 Å². The smallest absolute Gasteiger partial charge is 0.214 e. The molecule has 1 aliphatic rings. The molecule has 0 saturated heterocycles. The van der Waals surface area contributed by atoms with Crippen molar-refractivity contribution in [1.29, 1.82) is 5.26 Å². The molecule has 4 heteroatoms. The summed E-state index contributed by atoms with van der Waals surface area (Å²) in [4.78, 5) is 13.1. The summed E-state index contributed by atoms with van der Waals surface area (Å²) in [6.45, 7) is 0. The third kappa shape index (κ3) is 2.31. The Morgan fingerprint density at radius 3 is 2.43 bits per heavy atom. The van der Waals surface area contributed by atoms with E-state index in [1.165, 1.54) is 6.42 Å². The lowest BCUT2D eigenvalue weighted by Crippen LogP contribution is -2.39. The van der Waals surface area contributed by atoms with Gasteiger partial charge in [-0.1, -0.05) is 12.1 Å². The van der Waals surface area contributed by atoms with Crippen LogP contribution >= 0.6 is 0 Å². The molecule has 106 valence electrons. The fourth-order valence-corrected chi connectivity index (χ4v) is 2.74. The average Bonchev–Trinajstić information content (AvgIpc) is 2.84. The maximum absolute atomic E-state index is 11.3. The van der Waals surface area contributed by atoms with Crippen molar-refractivity contribution < 1.29 is 4.79 Å². The van der Waals surface area contributed by atoms with Crippen LogP contribution in [-0.4, -0.2) is 17.0 Å². The molecule has 1 amide bonds. The summed E-state index contributed by atoms with van der Waals surface area (Å²) >= 11 is 0. The summed E-state index contributed by atoms with van der Waals surface area (Å²) in [6, 6.07) is 14.2. The van der Waals surface area contributed by atoms with Gasteiger partial charge in [-0.15, -0.1) is 0 Å². The van der Waals surface area contributed by atoms with E-state index in [2.05, 4.69) is 6.07 Å². The van der Waals surface area contributed by atoms with E-state index in [9.17, 15) is 4.79 Å². The molecular weight excluding hydrogens is 262 g/mol. The van der Waals surface area contributed by atoms with Crippen molar-refractivity contribution in [2.45, 2.75) is 25.3 Å². The van der Waals surface area contributed by atoms with Crippen molar-refractivity contribution in [1.82, 2.24) is 4.57 Å². The SMILES string of the molecule is Cn1c(C#N)ccc1-c1ccc(N(C=O)C2CCC2)cc1. The van der Waals surface area contributed by atoms with E-state index < -0.39 is 0 Å². The Kier molecular flexibility index (Phi) is 3.49. The zero-order valence-corrected chi connectivity index (χ0v) is 12.0. The van der Waals surface area contributed by atoms with Crippen LogP contribution in [0.3, 0.4) is 0 Å². The van der Waals surface area contributed by atoms with Gasteiger partial charge in [0.2, 0.25) is 6.41 Å². The first-order valence-electron chi connectivity index (χ1n) is 7.14. The van der Waals surface area contributed by atoms with Gasteiger partial charge in [0.15, 0.2) is 0 Å². The fraction of sp³-hybridized carbons (Fsp3) is 0.294. The summed E-state index contributed by atoms with van der Waals surface area (Å²) in [5.41, 5.74) is 3.62. The Morgan fingerprint density at radius 2 is 1.95 bits per heavy atom. The highest BCUT2D eigenvalue weighted by atomic mass is 16.1. The minimum absolute atomic E-state index is 0.355. The molecule has 0 atom stereocenters. The maximum Gasteiger partial charge on any atom is 0.214 e. The van der Waals surface area contributed by atoms with Crippen molar-refractivity contribution in [2.24, 2.45) is 7.05 Å². The van der Waals surface area contributed by atoms with E-state index in [0.717, 1.165) is 36.2 Å². The number of carbonyl (C=O) groups is 1. The molecule has 0 bridgehead atoms. The van der Waals surface area contributed by atoms with E-state index in [0.29, 0.717) is 11.7 Å². The number of amides is 1. The molecule has 2 aromatic rings. The van der Waals surface area contributed by atoms with Crippen LogP contribution < -0.4 is 4.90 Å². The van der Waals surface area contributed by atoms with E-state index in [1.807, 2.05) is 52.9 Å². The molecule has 1 saturated carbocycles. The van der Waals surface area contributed by atoms with Crippen LogP contribution in [0.15, 0.2) is 36.4 Å². The zero-order valence-electron chi connectivity index (χ0n) is 12.0. The molecule has 0 spiro atoms. The third-order valence-corrected chi connectivity index (χ3v) is 4.28. The normalized spacial score (nSPS) is 14.3. The van der Waals surface area contributed by atoms with E-state index in [-0.39, 0.29) is 0 Å². The number of rotatable bonds is 4. The number of aromatic nitrogens is 1. The second kappa shape index (κ2) is 5.45. The van der Waals surface area contributed by atoms with Crippen LogP contribution in [0.1, 0.15) is 25.0 Å². The predicted molar refractivity (Wildman–Crippen MR) is 81.7 cm³/mol. The van der Waals surface area contributed by atoms with Gasteiger partial charge in [0.25, 0.3) is 0 Å². The van der Waals surface area contributed by atoms with Gasteiger partial charge in [-0.25, -0.2) is 0 Å². The molecule has 1 fully saturated rings. The summed E-state index contributed by atoms with van der Waals surface area (Å²) < 4.78 is 1.87. The van der Waals surface area contributed by atoms with Crippen molar-refractivity contribution in [3.05, 3.63) is 42.1 Å². The number of anilines is 1. The van der Waals surface area contributed by atoms with Crippen LogP contribution in [-0.2, 0) is 11.8 Å². The van der Waals surface area contributed by atoms with Crippen LogP contribution in [0, 0.1) is 11.3 Å². The van der Waals surface area contributed by atoms with E-state index >= 15 is 0 Å². The molecular formula is C17H17N3O. The largest absolute Gasteiger partial charge is 0.335 e. The van der Waals surface area contributed by atoms with Crippen molar-refractivity contribution in [3.8, 4) is 17.3 Å². The number of carbonyl (C=O) groups excluding carboxylic acids is 1. The topological polar surface area (TPSA) is 49.0 Å². The predicted octanol–water partition coefficient (Wildman–Crippen LogP) is 3.08. The molecule has 4 nitrogen and oxygen atoms in total. The standard InChI is InChI=1S/C17H17N3O/c1-19-16(11-18)9-10-17(19)13-5-7-15(8-6-13)20(12-21)14-3-2-4-14/h5-10,12,14H,2-4H2,1H3. The highest BCUT2D eigenvalue weighted by Crippen LogP contribution is 2.30. The Bertz CT molecular complexity index is 690. The van der Waals surface area contributed by atoms with Crippen molar-refractivity contribution in [2.75, 3.05) is 4.90 Å². The molecule has 0 N–H and O–H groups in total. The van der Waals surface area contributed by atoms with Crippen molar-refractivity contribution >= 4 is 12.1 Å². The molecule has 0 radical (unpaired) electrons. The van der Waals surface area contributed by atoms with Gasteiger partial charge in [-0.05, 0) is 49.1 Å². The first kappa shape index (κ1) is 13.4. The van der Waals surface area contributed by atoms with Gasteiger partial charge in [0.05, 0.1) is 0 Å². The number of hydrogen-bond donors (Lipinski definition) is 0. The van der Waals surface area contributed by atoms with Gasteiger partial charge in [-0.2, -0.15) is 5.26 Å². The summed E-state index contributed by atoms with van der Waals surface area (Å²) in [7, 11) is 1.88. The third-order valence-electron chi connectivity index (χ3n) is 4.28. The number of benzene rings is 1. The lowest BCUT2D eigenvalue weighted by molar-refractivity contribution is -0.108. The first-order chi connectivity index (χ1) is 10.2. The number of hydrogen-bond acceptors (Lipinski definition) is 2. The lowest BCUT2D eigenvalue weighted by atomic mass is 9.91. The number of nitriles is 1. The molecule has 1 aromatic carbocycles. The molecule has 0 unspecified atom stereocenters. The Hall–Kier alpha value is -2.54. The van der Waals surface area contributed by atoms with Crippen LogP contribution in [0.25, 0.3) is 11.3 Å². The van der Waals surface area contributed by atoms with Gasteiger partial charge in [0.1, 0.15) is 11.8 Å².